The Hall–Kier alpha value is -1.15. The molecule has 1 unspecified atom stereocenters. The van der Waals surface area contributed by atoms with Gasteiger partial charge in [-0.1, -0.05) is 12.1 Å². The quantitative estimate of drug-likeness (QED) is 0.827. The second-order valence-corrected chi connectivity index (χ2v) is 7.00. The first-order valence-corrected chi connectivity index (χ1v) is 8.32. The van der Waals surface area contributed by atoms with E-state index < -0.39 is 16.0 Å². The number of hydrogen-bond acceptors (Lipinski definition) is 5. The highest BCUT2D eigenvalue weighted by Gasteiger charge is 2.32. The minimum atomic E-state index is -3.71. The third-order valence-electron chi connectivity index (χ3n) is 3.73. The van der Waals surface area contributed by atoms with Gasteiger partial charge in [0.25, 0.3) is 0 Å². The second kappa shape index (κ2) is 7.92. The third-order valence-corrected chi connectivity index (χ3v) is 5.65. The maximum Gasteiger partial charge on any atom is 0.339 e. The lowest BCUT2D eigenvalue weighted by Crippen LogP contribution is -2.42. The summed E-state index contributed by atoms with van der Waals surface area (Å²) < 4.78 is 31.6. The topological polar surface area (TPSA) is 89.7 Å². The highest BCUT2D eigenvalue weighted by Crippen LogP contribution is 2.25. The smallest absolute Gasteiger partial charge is 0.339 e. The Kier molecular flexibility index (Phi) is 6.80. The Bertz CT molecular complexity index is 621. The normalized spacial score (nSPS) is 19.3. The van der Waals surface area contributed by atoms with E-state index in [0.29, 0.717) is 19.6 Å². The number of methoxy groups -OCH3 is 1. The average Bonchev–Trinajstić information content (AvgIpc) is 2.54. The van der Waals surface area contributed by atoms with Gasteiger partial charge >= 0.3 is 5.97 Å². The molecule has 1 heterocycles. The van der Waals surface area contributed by atoms with Crippen LogP contribution in [0.25, 0.3) is 0 Å². The molecule has 0 saturated carbocycles. The average molecular weight is 349 g/mol. The molecule has 2 N–H and O–H groups in total. The van der Waals surface area contributed by atoms with E-state index in [9.17, 15) is 13.2 Å². The van der Waals surface area contributed by atoms with Gasteiger partial charge in [0.1, 0.15) is 0 Å². The molecule has 1 aliphatic heterocycles. The molecule has 1 fully saturated rings. The van der Waals surface area contributed by atoms with Crippen molar-refractivity contribution >= 4 is 28.4 Å². The van der Waals surface area contributed by atoms with Gasteiger partial charge in [0.05, 0.1) is 17.6 Å². The maximum atomic E-state index is 12.8. The molecule has 0 amide bonds. The summed E-state index contributed by atoms with van der Waals surface area (Å²) in [6.07, 6.45) is 1.71. The molecule has 1 atom stereocenters. The lowest BCUT2D eigenvalue weighted by atomic mass is 10.0. The minimum Gasteiger partial charge on any atom is -0.465 e. The molecular weight excluding hydrogens is 328 g/mol. The summed E-state index contributed by atoms with van der Waals surface area (Å²) >= 11 is 0. The first-order valence-electron chi connectivity index (χ1n) is 6.88. The van der Waals surface area contributed by atoms with Gasteiger partial charge in [0.15, 0.2) is 0 Å². The number of ether oxygens (including phenoxy) is 1. The Morgan fingerprint density at radius 1 is 1.41 bits per heavy atom. The van der Waals surface area contributed by atoms with Crippen LogP contribution in [-0.2, 0) is 14.8 Å². The van der Waals surface area contributed by atoms with Crippen LogP contribution >= 0.6 is 12.4 Å². The van der Waals surface area contributed by atoms with E-state index in [0.717, 1.165) is 12.8 Å². The Morgan fingerprint density at radius 3 is 2.73 bits per heavy atom. The molecule has 1 aromatic rings. The molecule has 0 aromatic heterocycles. The molecule has 0 spiro atoms. The number of benzene rings is 1. The van der Waals surface area contributed by atoms with Crippen LogP contribution in [0.3, 0.4) is 0 Å². The monoisotopic (exact) mass is 348 g/mol. The molecule has 0 radical (unpaired) electrons. The molecule has 0 aliphatic carbocycles. The Morgan fingerprint density at radius 2 is 2.09 bits per heavy atom. The van der Waals surface area contributed by atoms with Gasteiger partial charge in [0.2, 0.25) is 10.0 Å². The summed E-state index contributed by atoms with van der Waals surface area (Å²) in [5, 5.41) is 0. The molecule has 22 heavy (non-hydrogen) atoms. The molecular formula is C14H21ClN2O4S. The fourth-order valence-electron chi connectivity index (χ4n) is 2.55. The predicted molar refractivity (Wildman–Crippen MR) is 85.6 cm³/mol. The zero-order valence-electron chi connectivity index (χ0n) is 12.4. The van der Waals surface area contributed by atoms with Crippen molar-refractivity contribution in [3.63, 3.8) is 0 Å². The summed E-state index contributed by atoms with van der Waals surface area (Å²) in [7, 11) is -2.48. The van der Waals surface area contributed by atoms with Gasteiger partial charge in [-0.05, 0) is 37.4 Å². The molecule has 2 rings (SSSR count). The third kappa shape index (κ3) is 3.78. The van der Waals surface area contributed by atoms with Gasteiger partial charge in [0, 0.05) is 13.1 Å². The first-order chi connectivity index (χ1) is 10.0. The van der Waals surface area contributed by atoms with Crippen LogP contribution in [0.4, 0.5) is 0 Å². The zero-order chi connectivity index (χ0) is 15.5. The predicted octanol–water partition coefficient (Wildman–Crippen LogP) is 1.25. The van der Waals surface area contributed by atoms with E-state index in [2.05, 4.69) is 4.74 Å². The van der Waals surface area contributed by atoms with Gasteiger partial charge in [-0.15, -0.1) is 12.4 Å². The number of sulfonamides is 1. The number of rotatable bonds is 4. The van der Waals surface area contributed by atoms with Gasteiger partial charge in [-0.25, -0.2) is 13.2 Å². The van der Waals surface area contributed by atoms with Crippen molar-refractivity contribution in [2.75, 3.05) is 26.7 Å². The van der Waals surface area contributed by atoms with Crippen LogP contribution in [-0.4, -0.2) is 45.4 Å². The number of nitrogens with two attached hydrogens (primary N) is 1. The molecule has 0 bridgehead atoms. The summed E-state index contributed by atoms with van der Waals surface area (Å²) in [6.45, 7) is 1.31. The lowest BCUT2D eigenvalue weighted by Gasteiger charge is -2.31. The molecule has 1 aliphatic rings. The molecule has 8 heteroatoms. The highest BCUT2D eigenvalue weighted by atomic mass is 35.5. The van der Waals surface area contributed by atoms with E-state index in [1.807, 2.05) is 0 Å². The van der Waals surface area contributed by atoms with E-state index >= 15 is 0 Å². The fourth-order valence-corrected chi connectivity index (χ4v) is 4.28. The largest absolute Gasteiger partial charge is 0.465 e. The maximum absolute atomic E-state index is 12.8. The van der Waals surface area contributed by atoms with Gasteiger partial charge in [-0.3, -0.25) is 0 Å². The van der Waals surface area contributed by atoms with Crippen molar-refractivity contribution in [3.8, 4) is 0 Å². The van der Waals surface area contributed by atoms with Crippen molar-refractivity contribution in [1.29, 1.82) is 0 Å². The summed E-state index contributed by atoms with van der Waals surface area (Å²) in [5.41, 5.74) is 5.72. The van der Waals surface area contributed by atoms with Crippen LogP contribution < -0.4 is 5.73 Å². The summed E-state index contributed by atoms with van der Waals surface area (Å²) in [4.78, 5) is 11.8. The van der Waals surface area contributed by atoms with E-state index in [1.54, 1.807) is 12.1 Å². The Labute approximate surface area is 137 Å². The summed E-state index contributed by atoms with van der Waals surface area (Å²) in [6, 6.07) is 6.12. The lowest BCUT2D eigenvalue weighted by molar-refractivity contribution is 0.0596. The summed E-state index contributed by atoms with van der Waals surface area (Å²) in [5.74, 6) is -0.486. The van der Waals surface area contributed by atoms with E-state index in [4.69, 9.17) is 5.73 Å². The number of carbonyl (C=O) groups excluding carboxylic acids is 1. The minimum absolute atomic E-state index is 0. The van der Waals surface area contributed by atoms with Crippen molar-refractivity contribution in [3.05, 3.63) is 29.8 Å². The van der Waals surface area contributed by atoms with Gasteiger partial charge < -0.3 is 10.5 Å². The highest BCUT2D eigenvalue weighted by molar-refractivity contribution is 7.89. The second-order valence-electron chi connectivity index (χ2n) is 5.09. The van der Waals surface area contributed by atoms with E-state index in [1.165, 1.54) is 23.5 Å². The standard InChI is InChI=1S/C14H20N2O4S.ClH/c1-20-14(17)12-6-2-3-7-13(12)21(18,19)16-8-4-5-11(9-15)10-16;/h2-3,6-7,11H,4-5,8-10,15H2,1H3;1H. The molecule has 124 valence electrons. The number of piperidine rings is 1. The van der Waals surface area contributed by atoms with Crippen molar-refractivity contribution in [1.82, 2.24) is 4.31 Å². The van der Waals surface area contributed by atoms with Gasteiger partial charge in [-0.2, -0.15) is 4.31 Å². The van der Waals surface area contributed by atoms with Crippen LogP contribution in [0.1, 0.15) is 23.2 Å². The van der Waals surface area contributed by atoms with E-state index in [-0.39, 0.29) is 28.8 Å². The SMILES string of the molecule is COC(=O)c1ccccc1S(=O)(=O)N1CCCC(CN)C1.Cl. The number of hydrogen-bond donors (Lipinski definition) is 1. The van der Waals surface area contributed by atoms with Crippen molar-refractivity contribution in [2.45, 2.75) is 17.7 Å². The van der Waals surface area contributed by atoms with Crippen LogP contribution in [0.2, 0.25) is 0 Å². The zero-order valence-corrected chi connectivity index (χ0v) is 14.0. The molecule has 6 nitrogen and oxygen atoms in total. The number of halogens is 1. The van der Waals surface area contributed by atoms with Crippen LogP contribution in [0.15, 0.2) is 29.2 Å². The molecule has 1 saturated heterocycles. The number of esters is 1. The van der Waals surface area contributed by atoms with Crippen molar-refractivity contribution < 1.29 is 17.9 Å². The molecule has 1 aromatic carbocycles. The van der Waals surface area contributed by atoms with Crippen LogP contribution in [0.5, 0.6) is 0 Å². The Balaban J connectivity index is 0.00000242. The van der Waals surface area contributed by atoms with Crippen LogP contribution in [0, 0.1) is 5.92 Å². The first kappa shape index (κ1) is 18.9. The van der Waals surface area contributed by atoms with Crippen molar-refractivity contribution in [2.24, 2.45) is 11.7 Å². The number of carbonyl (C=O) groups is 1. The number of nitrogens with zero attached hydrogens (tertiary/aromatic N) is 1. The fraction of sp³-hybridized carbons (Fsp3) is 0.500.